The van der Waals surface area contributed by atoms with Crippen molar-refractivity contribution >= 4 is 58.4 Å². The van der Waals surface area contributed by atoms with Crippen LogP contribution in [0.2, 0.25) is 0 Å². The molecule has 0 radical (unpaired) electrons. The molecule has 6 rings (SSSR count). The Kier molecular flexibility index (Phi) is 7.92. The van der Waals surface area contributed by atoms with Gasteiger partial charge >= 0.3 is 244 Å². The zero-order valence-electron chi connectivity index (χ0n) is 22.1. The van der Waals surface area contributed by atoms with Gasteiger partial charge in [-0.2, -0.15) is 0 Å². The first-order valence-corrected chi connectivity index (χ1v) is 17.8. The Labute approximate surface area is 243 Å². The van der Waals surface area contributed by atoms with Crippen LogP contribution in [0.4, 0.5) is 0 Å². The van der Waals surface area contributed by atoms with Gasteiger partial charge in [0.1, 0.15) is 0 Å². The van der Waals surface area contributed by atoms with Gasteiger partial charge in [0.2, 0.25) is 0 Å². The topological polar surface area (TPSA) is 3.24 Å². The summed E-state index contributed by atoms with van der Waals surface area (Å²) in [6.45, 7) is 0. The van der Waals surface area contributed by atoms with E-state index in [1.165, 1.54) is 31.8 Å². The fourth-order valence-corrected chi connectivity index (χ4v) is 19.5. The van der Waals surface area contributed by atoms with Gasteiger partial charge in [-0.05, 0) is 0 Å². The fraction of sp³-hybridized carbons (Fsp3) is 0. The van der Waals surface area contributed by atoms with Gasteiger partial charge in [0.25, 0.3) is 0 Å². The van der Waals surface area contributed by atoms with Gasteiger partial charge in [0.05, 0.1) is 0 Å². The van der Waals surface area contributed by atoms with E-state index in [9.17, 15) is 0 Å². The quantitative estimate of drug-likeness (QED) is 0.144. The van der Waals surface area contributed by atoms with E-state index in [1.807, 2.05) is 0 Å². The summed E-state index contributed by atoms with van der Waals surface area (Å²) in [5.74, 6) is 0. The number of benzene rings is 6. The number of nitrogens with zero attached hydrogens (tertiary/aromatic N) is 1. The van der Waals surface area contributed by atoms with Gasteiger partial charge in [-0.15, -0.1) is 0 Å². The van der Waals surface area contributed by atoms with E-state index in [2.05, 4.69) is 186 Å². The van der Waals surface area contributed by atoms with Gasteiger partial charge in [0, 0.05) is 0 Å². The summed E-state index contributed by atoms with van der Waals surface area (Å²) in [6.07, 6.45) is 0. The summed E-state index contributed by atoms with van der Waals surface area (Å²) in [4.78, 5) is 0. The van der Waals surface area contributed by atoms with Gasteiger partial charge in [0.15, 0.2) is 0 Å². The van der Waals surface area contributed by atoms with Crippen LogP contribution in [-0.2, 0) is 0 Å². The standard InChI is InChI=1S/C36H32ClNP2/c37-38(39(31-19-7-1-8-20-31,32-21-9-2-10-22-32)33-23-11-3-12-24-33)40(34-25-13-4-14-26-34,35-27-15-5-16-28-35)36-29-17-6-18-30-36/h1-30,39-40H. The molecule has 6 aromatic rings. The zero-order valence-corrected chi connectivity index (χ0v) is 24.9. The van der Waals surface area contributed by atoms with Gasteiger partial charge in [-0.3, -0.25) is 0 Å². The van der Waals surface area contributed by atoms with Crippen molar-refractivity contribution in [2.24, 2.45) is 0 Å². The molecule has 0 atom stereocenters. The summed E-state index contributed by atoms with van der Waals surface area (Å²) >= 11 is 8.29. The van der Waals surface area contributed by atoms with Gasteiger partial charge < -0.3 is 0 Å². The van der Waals surface area contributed by atoms with E-state index in [1.54, 1.807) is 0 Å². The van der Waals surface area contributed by atoms with Crippen LogP contribution in [0, 0.1) is 0 Å². The van der Waals surface area contributed by atoms with Crippen molar-refractivity contribution in [2.75, 3.05) is 0 Å². The Morgan fingerprint density at radius 2 is 0.425 bits per heavy atom. The maximum absolute atomic E-state index is 8.29. The predicted octanol–water partition coefficient (Wildman–Crippen LogP) is 6.73. The minimum absolute atomic E-state index is 1.25. The zero-order chi connectivity index (χ0) is 27.3. The predicted molar refractivity (Wildman–Crippen MR) is 181 cm³/mol. The van der Waals surface area contributed by atoms with Crippen molar-refractivity contribution in [1.29, 1.82) is 0 Å². The SMILES string of the molecule is ClN([PH](c1ccccc1)(c1ccccc1)c1ccccc1)[PH](c1ccccc1)(c1ccccc1)c1ccccc1. The third-order valence-electron chi connectivity index (χ3n) is 7.74. The molecule has 0 saturated carbocycles. The molecule has 198 valence electrons. The van der Waals surface area contributed by atoms with E-state index in [0.29, 0.717) is 0 Å². The van der Waals surface area contributed by atoms with E-state index < -0.39 is 14.8 Å². The van der Waals surface area contributed by atoms with Crippen LogP contribution in [-0.4, -0.2) is 3.96 Å². The molecule has 0 heterocycles. The molecule has 1 nitrogen and oxygen atoms in total. The third kappa shape index (κ3) is 4.50. The van der Waals surface area contributed by atoms with Crippen LogP contribution in [0.15, 0.2) is 182 Å². The Balaban J connectivity index is 1.81. The second-order valence-corrected chi connectivity index (χ2v) is 18.5. The van der Waals surface area contributed by atoms with Crippen molar-refractivity contribution in [3.05, 3.63) is 182 Å². The molecule has 0 amide bonds. The summed E-state index contributed by atoms with van der Waals surface area (Å²) in [6, 6.07) is 65.5. The van der Waals surface area contributed by atoms with E-state index in [0.717, 1.165) is 0 Å². The summed E-state index contributed by atoms with van der Waals surface area (Å²) in [5.41, 5.74) is 0. The average molecular weight is 576 g/mol. The number of rotatable bonds is 8. The molecule has 6 aromatic carbocycles. The Morgan fingerprint density at radius 3 is 0.575 bits per heavy atom. The first-order chi connectivity index (χ1) is 19.8. The average Bonchev–Trinajstić information content (AvgIpc) is 3.05. The Hall–Kier alpha value is -3.57. The second-order valence-electron chi connectivity index (χ2n) is 9.90. The normalized spacial score (nSPS) is 12.7. The van der Waals surface area contributed by atoms with Crippen molar-refractivity contribution < 1.29 is 0 Å². The van der Waals surface area contributed by atoms with Crippen molar-refractivity contribution in [3.63, 3.8) is 0 Å². The van der Waals surface area contributed by atoms with Crippen molar-refractivity contribution in [3.8, 4) is 0 Å². The van der Waals surface area contributed by atoms with Crippen LogP contribution in [0.1, 0.15) is 0 Å². The Morgan fingerprint density at radius 1 is 0.275 bits per heavy atom. The fourth-order valence-electron chi connectivity index (χ4n) is 6.01. The molecule has 0 spiro atoms. The van der Waals surface area contributed by atoms with Gasteiger partial charge in [-0.1, -0.05) is 0 Å². The molecule has 0 aliphatic heterocycles. The van der Waals surface area contributed by atoms with Crippen LogP contribution >= 0.6 is 26.6 Å². The summed E-state index contributed by atoms with van der Waals surface area (Å²) < 4.78 is 2.35. The second kappa shape index (κ2) is 11.9. The minimum atomic E-state index is -3.05. The maximum atomic E-state index is 8.29. The molecule has 40 heavy (non-hydrogen) atoms. The molecule has 0 aromatic heterocycles. The molecule has 0 aliphatic carbocycles. The molecular weight excluding hydrogens is 544 g/mol. The van der Waals surface area contributed by atoms with E-state index >= 15 is 0 Å². The molecule has 0 unspecified atom stereocenters. The molecule has 0 fully saturated rings. The molecule has 0 bridgehead atoms. The van der Waals surface area contributed by atoms with Crippen LogP contribution < -0.4 is 31.8 Å². The van der Waals surface area contributed by atoms with Crippen LogP contribution in [0.3, 0.4) is 0 Å². The van der Waals surface area contributed by atoms with E-state index in [4.69, 9.17) is 11.8 Å². The van der Waals surface area contributed by atoms with Crippen LogP contribution in [0.25, 0.3) is 0 Å². The number of hydrogen-bond acceptors (Lipinski definition) is 1. The first-order valence-electron chi connectivity index (χ1n) is 13.6. The van der Waals surface area contributed by atoms with Crippen molar-refractivity contribution in [1.82, 2.24) is 3.96 Å². The van der Waals surface area contributed by atoms with Gasteiger partial charge in [-0.25, -0.2) is 0 Å². The molecular formula is C36H32ClNP2. The number of hydrogen-bond donors (Lipinski definition) is 0. The third-order valence-corrected chi connectivity index (χ3v) is 19.5. The summed E-state index contributed by atoms with van der Waals surface area (Å²) in [7, 11) is -6.10. The van der Waals surface area contributed by atoms with Crippen LogP contribution in [0.5, 0.6) is 0 Å². The van der Waals surface area contributed by atoms with Crippen molar-refractivity contribution in [2.45, 2.75) is 0 Å². The van der Waals surface area contributed by atoms with E-state index in [-0.39, 0.29) is 0 Å². The molecule has 0 saturated heterocycles. The monoisotopic (exact) mass is 575 g/mol. The summed E-state index contributed by atoms with van der Waals surface area (Å²) in [5, 5.41) is 7.51. The Bertz CT molecular complexity index is 1310. The molecule has 0 N–H and O–H groups in total. The molecule has 0 aliphatic rings. The number of halogens is 1. The molecule has 4 heteroatoms. The first kappa shape index (κ1) is 26.6.